The number of halogens is 3. The Labute approximate surface area is 210 Å². The van der Waals surface area contributed by atoms with Gasteiger partial charge in [0.05, 0.1) is 22.3 Å². The van der Waals surface area contributed by atoms with Crippen molar-refractivity contribution in [3.8, 4) is 0 Å². The molecule has 0 N–H and O–H groups in total. The maximum absolute atomic E-state index is 14.3. The van der Waals surface area contributed by atoms with Gasteiger partial charge in [0, 0.05) is 11.1 Å². The second-order valence-electron chi connectivity index (χ2n) is 8.78. The van der Waals surface area contributed by atoms with Crippen LogP contribution in [0.4, 0.5) is 8.78 Å². The molecular weight excluding hydrogens is 490 g/mol. The van der Waals surface area contributed by atoms with Crippen LogP contribution in [0.2, 0.25) is 0 Å². The molecule has 188 valence electrons. The first kappa shape index (κ1) is 26.1. The van der Waals surface area contributed by atoms with Crippen molar-refractivity contribution in [2.24, 2.45) is 0 Å². The molecule has 0 saturated carbocycles. The standard InChI is InChI=1S/C28H25F2O.ClHO4/c29-25-14-5-3-8-19(25)16-21-10-1-2-11-22-18-24-13-7-12-23(28(24)31-27(21)22)17-20-9-4-6-15-26(20)30;2-1(3,4)5/h3-6,8-9,14-18H,1-2,7,10-13H2;(H,2,3,4,5)/q+1;/p-1/b21-16+,23-17+;. The van der Waals surface area contributed by atoms with Crippen molar-refractivity contribution in [2.75, 3.05) is 0 Å². The summed E-state index contributed by atoms with van der Waals surface area (Å²) in [5.41, 5.74) is 5.63. The molecule has 2 aliphatic rings. The zero-order valence-electron chi connectivity index (χ0n) is 19.5. The molecule has 0 amide bonds. The molecule has 0 atom stereocenters. The Bertz CT molecular complexity index is 1290. The Hall–Kier alpha value is -2.94. The van der Waals surface area contributed by atoms with E-state index in [-0.39, 0.29) is 11.6 Å². The van der Waals surface area contributed by atoms with Crippen molar-refractivity contribution >= 4 is 23.3 Å². The topological polar surface area (TPSA) is 104 Å². The maximum Gasteiger partial charge on any atom is 0.359 e. The Kier molecular flexibility index (Phi) is 8.28. The highest BCUT2D eigenvalue weighted by Gasteiger charge is 2.32. The lowest BCUT2D eigenvalue weighted by Gasteiger charge is -2.17. The van der Waals surface area contributed by atoms with Crippen molar-refractivity contribution in [2.45, 2.75) is 44.9 Å². The van der Waals surface area contributed by atoms with Gasteiger partial charge in [0.25, 0.3) is 0 Å². The van der Waals surface area contributed by atoms with E-state index in [9.17, 15) is 8.78 Å². The van der Waals surface area contributed by atoms with Gasteiger partial charge in [0.2, 0.25) is 0 Å². The summed E-state index contributed by atoms with van der Waals surface area (Å²) in [6.07, 6.45) is 10.7. The van der Waals surface area contributed by atoms with Crippen LogP contribution in [0.3, 0.4) is 0 Å². The third kappa shape index (κ3) is 6.84. The Morgan fingerprint density at radius 1 is 0.639 bits per heavy atom. The van der Waals surface area contributed by atoms with Crippen LogP contribution in [0.1, 0.15) is 65.9 Å². The third-order valence-electron chi connectivity index (χ3n) is 6.22. The van der Waals surface area contributed by atoms with Gasteiger partial charge in [-0.25, -0.2) is 31.8 Å². The number of aryl methyl sites for hydroxylation is 2. The molecule has 5 rings (SSSR count). The fourth-order valence-corrected chi connectivity index (χ4v) is 4.65. The summed E-state index contributed by atoms with van der Waals surface area (Å²) in [5, 5.41) is 0. The molecule has 3 aromatic rings. The van der Waals surface area contributed by atoms with Crippen molar-refractivity contribution < 1.29 is 42.1 Å². The number of fused-ring (bicyclic) bond motifs is 2. The molecule has 2 aromatic carbocycles. The number of hydrogen-bond donors (Lipinski definition) is 0. The first-order valence-electron chi connectivity index (χ1n) is 11.7. The lowest BCUT2D eigenvalue weighted by atomic mass is 9.89. The number of rotatable bonds is 2. The van der Waals surface area contributed by atoms with Crippen LogP contribution in [0.15, 0.2) is 59.0 Å². The molecule has 2 aliphatic carbocycles. The minimum Gasteiger partial charge on any atom is -0.222 e. The highest BCUT2D eigenvalue weighted by atomic mass is 35.7. The van der Waals surface area contributed by atoms with E-state index in [0.717, 1.165) is 67.6 Å². The van der Waals surface area contributed by atoms with Crippen molar-refractivity contribution in [1.82, 2.24) is 0 Å². The second kappa shape index (κ2) is 11.4. The minimum absolute atomic E-state index is 0.223. The largest absolute Gasteiger partial charge is 0.359 e. The summed E-state index contributed by atoms with van der Waals surface area (Å²) in [7, 11) is -4.94. The van der Waals surface area contributed by atoms with Crippen LogP contribution < -0.4 is 18.6 Å². The molecule has 0 bridgehead atoms. The first-order chi connectivity index (χ1) is 17.2. The summed E-state index contributed by atoms with van der Waals surface area (Å²) in [6, 6.07) is 16.0. The maximum atomic E-state index is 14.3. The van der Waals surface area contributed by atoms with Crippen LogP contribution in [0, 0.1) is 21.9 Å². The quantitative estimate of drug-likeness (QED) is 0.386. The lowest BCUT2D eigenvalue weighted by molar-refractivity contribution is -2.00. The molecule has 0 unspecified atom stereocenters. The zero-order chi connectivity index (χ0) is 25.7. The van der Waals surface area contributed by atoms with Gasteiger partial charge in [0.15, 0.2) is 0 Å². The molecule has 36 heavy (non-hydrogen) atoms. The van der Waals surface area contributed by atoms with E-state index in [4.69, 9.17) is 23.1 Å². The molecule has 0 radical (unpaired) electrons. The smallest absolute Gasteiger partial charge is 0.222 e. The first-order valence-corrected chi connectivity index (χ1v) is 12.9. The van der Waals surface area contributed by atoms with Crippen molar-refractivity contribution in [3.05, 3.63) is 100 Å². The molecule has 0 spiro atoms. The fraction of sp³-hybridized carbons (Fsp3) is 0.250. The predicted molar refractivity (Wildman–Crippen MR) is 122 cm³/mol. The Balaban J connectivity index is 0.000000556. The number of hydrogen-bond acceptors (Lipinski definition) is 4. The fourth-order valence-electron chi connectivity index (χ4n) is 4.65. The monoisotopic (exact) mass is 514 g/mol. The third-order valence-corrected chi connectivity index (χ3v) is 6.22. The number of benzene rings is 2. The van der Waals surface area contributed by atoms with Gasteiger partial charge >= 0.3 is 11.5 Å². The molecule has 0 aliphatic heterocycles. The SMILES string of the molecule is Fc1ccccc1/C=C1\CCCCc2cc3c([o+]c21)/C(=C/c1ccccc1F)CCC3.[O-][Cl+3]([O-])([O-])[O-]. The molecule has 0 fully saturated rings. The van der Waals surface area contributed by atoms with Crippen LogP contribution in [0.5, 0.6) is 0 Å². The van der Waals surface area contributed by atoms with Crippen molar-refractivity contribution in [3.63, 3.8) is 0 Å². The summed E-state index contributed by atoms with van der Waals surface area (Å²) in [4.78, 5) is 0. The lowest BCUT2D eigenvalue weighted by Crippen LogP contribution is -2.68. The molecule has 1 aromatic heterocycles. The van der Waals surface area contributed by atoms with E-state index in [0.29, 0.717) is 11.1 Å². The van der Waals surface area contributed by atoms with E-state index in [2.05, 4.69) is 6.07 Å². The van der Waals surface area contributed by atoms with Crippen LogP contribution in [-0.2, 0) is 12.8 Å². The van der Waals surface area contributed by atoms with E-state index >= 15 is 0 Å². The molecular formula is C28H25ClF2O5. The van der Waals surface area contributed by atoms with Crippen LogP contribution in [-0.4, -0.2) is 0 Å². The summed E-state index contributed by atoms with van der Waals surface area (Å²) in [5.74, 6) is 1.27. The van der Waals surface area contributed by atoms with Gasteiger partial charge in [-0.15, -0.1) is 10.2 Å². The normalized spacial score (nSPS) is 17.6. The minimum atomic E-state index is -4.94. The second-order valence-corrected chi connectivity index (χ2v) is 9.53. The number of allylic oxidation sites excluding steroid dienone is 2. The molecule has 8 heteroatoms. The summed E-state index contributed by atoms with van der Waals surface area (Å²) in [6.45, 7) is 0. The highest BCUT2D eigenvalue weighted by molar-refractivity contribution is 5.84. The van der Waals surface area contributed by atoms with Gasteiger partial charge in [-0.2, -0.15) is 0 Å². The average molecular weight is 515 g/mol. The van der Waals surface area contributed by atoms with Gasteiger partial charge in [-0.3, -0.25) is 0 Å². The van der Waals surface area contributed by atoms with Gasteiger partial charge in [-0.1, -0.05) is 36.4 Å². The van der Waals surface area contributed by atoms with Gasteiger partial charge < -0.3 is 0 Å². The molecule has 5 nitrogen and oxygen atoms in total. The molecule has 0 saturated heterocycles. The Morgan fingerprint density at radius 2 is 1.06 bits per heavy atom. The van der Waals surface area contributed by atoms with Crippen LogP contribution in [0.25, 0.3) is 23.3 Å². The highest BCUT2D eigenvalue weighted by Crippen LogP contribution is 2.39. The Morgan fingerprint density at radius 3 is 1.56 bits per heavy atom. The molecule has 1 heterocycles. The van der Waals surface area contributed by atoms with E-state index in [1.165, 1.54) is 23.3 Å². The zero-order valence-corrected chi connectivity index (χ0v) is 20.2. The van der Waals surface area contributed by atoms with Crippen LogP contribution >= 0.6 is 0 Å². The van der Waals surface area contributed by atoms with E-state index in [1.54, 1.807) is 24.3 Å². The summed E-state index contributed by atoms with van der Waals surface area (Å²) >= 11 is 0. The van der Waals surface area contributed by atoms with Crippen molar-refractivity contribution in [1.29, 1.82) is 0 Å². The van der Waals surface area contributed by atoms with Gasteiger partial charge in [-0.05, 0) is 75.3 Å². The van der Waals surface area contributed by atoms with Gasteiger partial charge in [0.1, 0.15) is 11.6 Å². The van der Waals surface area contributed by atoms with E-state index in [1.807, 2.05) is 24.3 Å². The van der Waals surface area contributed by atoms with E-state index < -0.39 is 10.2 Å². The summed E-state index contributed by atoms with van der Waals surface area (Å²) < 4.78 is 69.1. The predicted octanol–water partition coefficient (Wildman–Crippen LogP) is 3.23. The average Bonchev–Trinajstić information content (AvgIpc) is 3.01.